The number of carbonyl (C=O) groups excluding carboxylic acids is 1. The summed E-state index contributed by atoms with van der Waals surface area (Å²) < 4.78 is 39.4. The third-order valence-electron chi connectivity index (χ3n) is 4.79. The Bertz CT molecular complexity index is 1040. The number of hydrogen-bond acceptors (Lipinski definition) is 3. The number of nitrogens with zero attached hydrogens (tertiary/aromatic N) is 3. The third-order valence-corrected chi connectivity index (χ3v) is 4.79. The fourth-order valence-electron chi connectivity index (χ4n) is 3.37. The molecule has 1 aromatic carbocycles. The summed E-state index contributed by atoms with van der Waals surface area (Å²) in [6.07, 6.45) is -2.08. The summed E-state index contributed by atoms with van der Waals surface area (Å²) in [5.74, 6) is -0.172. The molecule has 7 nitrogen and oxygen atoms in total. The molecule has 1 saturated heterocycles. The average Bonchev–Trinajstić information content (AvgIpc) is 3.26. The maximum absolute atomic E-state index is 12.7. The van der Waals surface area contributed by atoms with E-state index in [1.807, 2.05) is 0 Å². The zero-order valence-corrected chi connectivity index (χ0v) is 14.1. The predicted octanol–water partition coefficient (Wildman–Crippen LogP) is 2.55. The summed E-state index contributed by atoms with van der Waals surface area (Å²) in [6, 6.07) is 5.71. The fraction of sp³-hybridized carbons (Fsp3) is 0.353. The van der Waals surface area contributed by atoms with Crippen molar-refractivity contribution in [2.45, 2.75) is 25.1 Å². The highest BCUT2D eigenvalue weighted by Crippen LogP contribution is 2.30. The second kappa shape index (κ2) is 6.29. The largest absolute Gasteiger partial charge is 0.435 e. The van der Waals surface area contributed by atoms with Crippen LogP contribution in [0.4, 0.5) is 13.2 Å². The van der Waals surface area contributed by atoms with Crippen LogP contribution in [0.2, 0.25) is 0 Å². The molecule has 1 aliphatic heterocycles. The van der Waals surface area contributed by atoms with Gasteiger partial charge in [-0.25, -0.2) is 4.79 Å². The minimum atomic E-state index is -4.46. The Labute approximate surface area is 150 Å². The number of aromatic amines is 2. The predicted molar refractivity (Wildman–Crippen MR) is 90.3 cm³/mol. The van der Waals surface area contributed by atoms with Crippen LogP contribution in [0.1, 0.15) is 34.9 Å². The van der Waals surface area contributed by atoms with E-state index in [1.54, 1.807) is 23.1 Å². The Morgan fingerprint density at radius 1 is 1.11 bits per heavy atom. The molecule has 0 aliphatic carbocycles. The summed E-state index contributed by atoms with van der Waals surface area (Å²) in [5.41, 5.74) is 0.378. The van der Waals surface area contributed by atoms with Gasteiger partial charge in [-0.05, 0) is 37.1 Å². The zero-order valence-electron chi connectivity index (χ0n) is 14.1. The van der Waals surface area contributed by atoms with Crippen molar-refractivity contribution in [3.8, 4) is 0 Å². The van der Waals surface area contributed by atoms with E-state index >= 15 is 0 Å². The number of H-pyrrole nitrogens is 2. The summed E-state index contributed by atoms with van der Waals surface area (Å²) >= 11 is 0. The molecule has 142 valence electrons. The number of likely N-dealkylation sites (tertiary alicyclic amines) is 1. The number of nitrogens with one attached hydrogen (secondary N) is 2. The van der Waals surface area contributed by atoms with Gasteiger partial charge in [-0.3, -0.25) is 9.48 Å². The van der Waals surface area contributed by atoms with Gasteiger partial charge in [0.05, 0.1) is 17.1 Å². The van der Waals surface area contributed by atoms with Crippen molar-refractivity contribution >= 4 is 16.9 Å². The Kier molecular flexibility index (Phi) is 4.05. The lowest BCUT2D eigenvalue weighted by Crippen LogP contribution is -2.39. The maximum Gasteiger partial charge on any atom is 0.435 e. The molecule has 1 fully saturated rings. The van der Waals surface area contributed by atoms with Crippen LogP contribution in [0.3, 0.4) is 0 Å². The smallest absolute Gasteiger partial charge is 0.338 e. The van der Waals surface area contributed by atoms with Crippen molar-refractivity contribution in [1.29, 1.82) is 0 Å². The molecular weight excluding hydrogens is 363 g/mol. The molecule has 27 heavy (non-hydrogen) atoms. The van der Waals surface area contributed by atoms with E-state index in [4.69, 9.17) is 0 Å². The van der Waals surface area contributed by atoms with E-state index in [1.165, 1.54) is 10.9 Å². The van der Waals surface area contributed by atoms with Gasteiger partial charge in [0.25, 0.3) is 5.91 Å². The van der Waals surface area contributed by atoms with Crippen LogP contribution in [0.25, 0.3) is 11.0 Å². The number of halogens is 3. The van der Waals surface area contributed by atoms with Crippen molar-refractivity contribution in [3.05, 3.63) is 52.2 Å². The van der Waals surface area contributed by atoms with Crippen LogP contribution in [0.15, 0.2) is 35.3 Å². The number of fused-ring (bicyclic) bond motifs is 1. The molecule has 0 unspecified atom stereocenters. The third kappa shape index (κ3) is 3.34. The van der Waals surface area contributed by atoms with Crippen molar-refractivity contribution < 1.29 is 18.0 Å². The van der Waals surface area contributed by atoms with Gasteiger partial charge in [-0.1, -0.05) is 0 Å². The number of aromatic nitrogens is 4. The number of carbonyl (C=O) groups is 1. The number of piperidine rings is 1. The van der Waals surface area contributed by atoms with E-state index < -0.39 is 11.9 Å². The number of rotatable bonds is 2. The van der Waals surface area contributed by atoms with Gasteiger partial charge in [0.1, 0.15) is 0 Å². The Hall–Kier alpha value is -3.04. The molecule has 10 heteroatoms. The van der Waals surface area contributed by atoms with E-state index in [9.17, 15) is 22.8 Å². The topological polar surface area (TPSA) is 86.8 Å². The van der Waals surface area contributed by atoms with Gasteiger partial charge in [0.2, 0.25) is 0 Å². The maximum atomic E-state index is 12.7. The molecule has 0 radical (unpaired) electrons. The van der Waals surface area contributed by atoms with Crippen molar-refractivity contribution in [3.63, 3.8) is 0 Å². The summed E-state index contributed by atoms with van der Waals surface area (Å²) in [7, 11) is 0. The Balaban J connectivity index is 1.44. The molecular formula is C17H16F3N5O2. The van der Waals surface area contributed by atoms with Gasteiger partial charge in [-0.2, -0.15) is 18.3 Å². The van der Waals surface area contributed by atoms with Gasteiger partial charge < -0.3 is 14.9 Å². The number of imidazole rings is 1. The molecule has 2 aromatic heterocycles. The quantitative estimate of drug-likeness (QED) is 0.717. The molecule has 0 atom stereocenters. The first kappa shape index (κ1) is 17.4. The van der Waals surface area contributed by atoms with E-state index in [0.29, 0.717) is 42.5 Å². The standard InChI is InChI=1S/C17H16F3N5O2/c18-17(19,20)14-5-8-25(23-14)11-3-6-24(7-4-11)15(26)10-1-2-12-13(9-10)22-16(27)21-12/h1-2,5,8-9,11H,3-4,6-7H2,(H2,21,22,27). The zero-order chi connectivity index (χ0) is 19.2. The highest BCUT2D eigenvalue weighted by molar-refractivity contribution is 5.97. The highest BCUT2D eigenvalue weighted by atomic mass is 19.4. The van der Waals surface area contributed by atoms with Crippen LogP contribution in [0, 0.1) is 0 Å². The molecule has 0 spiro atoms. The van der Waals surface area contributed by atoms with E-state index in [2.05, 4.69) is 15.1 Å². The van der Waals surface area contributed by atoms with E-state index in [-0.39, 0.29) is 17.6 Å². The van der Waals surface area contributed by atoms with Crippen molar-refractivity contribution in [2.75, 3.05) is 13.1 Å². The normalized spacial score (nSPS) is 16.2. The van der Waals surface area contributed by atoms with Crippen LogP contribution in [0.5, 0.6) is 0 Å². The molecule has 0 saturated carbocycles. The van der Waals surface area contributed by atoms with Gasteiger partial charge >= 0.3 is 11.9 Å². The van der Waals surface area contributed by atoms with Crippen molar-refractivity contribution in [1.82, 2.24) is 24.6 Å². The molecule has 1 amide bonds. The first-order valence-electron chi connectivity index (χ1n) is 8.45. The first-order valence-corrected chi connectivity index (χ1v) is 8.45. The lowest BCUT2D eigenvalue weighted by Gasteiger charge is -2.32. The number of amides is 1. The fourth-order valence-corrected chi connectivity index (χ4v) is 3.37. The average molecular weight is 379 g/mol. The lowest BCUT2D eigenvalue weighted by atomic mass is 10.0. The Morgan fingerprint density at radius 3 is 2.48 bits per heavy atom. The number of hydrogen-bond donors (Lipinski definition) is 2. The second-order valence-electron chi connectivity index (χ2n) is 6.54. The second-order valence-corrected chi connectivity index (χ2v) is 6.54. The monoisotopic (exact) mass is 379 g/mol. The van der Waals surface area contributed by atoms with Gasteiger partial charge in [0, 0.05) is 24.8 Å². The first-order chi connectivity index (χ1) is 12.8. The number of benzene rings is 1. The molecule has 3 heterocycles. The van der Waals surface area contributed by atoms with E-state index in [0.717, 1.165) is 6.07 Å². The highest BCUT2D eigenvalue weighted by Gasteiger charge is 2.34. The summed E-state index contributed by atoms with van der Waals surface area (Å²) in [4.78, 5) is 30.9. The van der Waals surface area contributed by atoms with Crippen LogP contribution < -0.4 is 5.69 Å². The molecule has 2 N–H and O–H groups in total. The minimum absolute atomic E-state index is 0.172. The molecule has 4 rings (SSSR count). The van der Waals surface area contributed by atoms with Crippen LogP contribution >= 0.6 is 0 Å². The molecule has 0 bridgehead atoms. The van der Waals surface area contributed by atoms with Crippen LogP contribution in [-0.2, 0) is 6.18 Å². The lowest BCUT2D eigenvalue weighted by molar-refractivity contribution is -0.141. The van der Waals surface area contributed by atoms with Crippen LogP contribution in [-0.4, -0.2) is 43.6 Å². The number of alkyl halides is 3. The van der Waals surface area contributed by atoms with Crippen molar-refractivity contribution in [2.24, 2.45) is 0 Å². The summed E-state index contributed by atoms with van der Waals surface area (Å²) in [6.45, 7) is 0.846. The molecule has 1 aliphatic rings. The molecule has 3 aromatic rings. The minimum Gasteiger partial charge on any atom is -0.338 e. The Morgan fingerprint density at radius 2 is 1.81 bits per heavy atom. The SMILES string of the molecule is O=C(c1ccc2[nH]c(=O)[nH]c2c1)N1CCC(n2ccc(C(F)(F)F)n2)CC1. The summed E-state index contributed by atoms with van der Waals surface area (Å²) in [5, 5.41) is 3.62. The van der Waals surface area contributed by atoms with Gasteiger partial charge in [0.15, 0.2) is 5.69 Å². The van der Waals surface area contributed by atoms with Gasteiger partial charge in [-0.15, -0.1) is 0 Å².